The van der Waals surface area contributed by atoms with E-state index in [2.05, 4.69) is 10.4 Å². The van der Waals surface area contributed by atoms with E-state index in [1.807, 2.05) is 25.6 Å². The summed E-state index contributed by atoms with van der Waals surface area (Å²) in [7, 11) is -1.76. The number of sulfone groups is 1. The number of halogens is 1. The molecule has 0 aliphatic carbocycles. The molecule has 1 N–H and O–H groups in total. The van der Waals surface area contributed by atoms with E-state index >= 15 is 0 Å². The van der Waals surface area contributed by atoms with Crippen LogP contribution >= 0.6 is 0 Å². The summed E-state index contributed by atoms with van der Waals surface area (Å²) in [6, 6.07) is 3.45. The highest BCUT2D eigenvalue weighted by Crippen LogP contribution is 2.21. The summed E-state index contributed by atoms with van der Waals surface area (Å²) in [5.41, 5.74) is 3.37. The van der Waals surface area contributed by atoms with Crippen LogP contribution < -0.4 is 5.32 Å². The Kier molecular flexibility index (Phi) is 6.41. The molecule has 1 amide bonds. The van der Waals surface area contributed by atoms with Crippen LogP contribution in [0.15, 0.2) is 23.1 Å². The molecule has 0 aliphatic rings. The number of nitrogens with one attached hydrogen (secondary N) is 1. The number of aromatic nitrogens is 2. The maximum Gasteiger partial charge on any atom is 0.225 e. The largest absolute Gasteiger partial charge is 0.349 e. The Balaban J connectivity index is 2.16. The molecule has 0 saturated carbocycles. The van der Waals surface area contributed by atoms with Crippen molar-refractivity contribution < 1.29 is 17.6 Å². The number of hydrogen-bond acceptors (Lipinski definition) is 4. The molecular weight excluding hydrogens is 369 g/mol. The molecule has 0 unspecified atom stereocenters. The second-order valence-electron chi connectivity index (χ2n) is 6.63. The van der Waals surface area contributed by atoms with Crippen molar-refractivity contribution in [3.05, 3.63) is 46.5 Å². The molecule has 0 fully saturated rings. The van der Waals surface area contributed by atoms with Gasteiger partial charge < -0.3 is 5.32 Å². The average Bonchev–Trinajstić information content (AvgIpc) is 2.87. The first-order valence-corrected chi connectivity index (χ1v) is 10.8. The van der Waals surface area contributed by atoms with E-state index in [4.69, 9.17) is 0 Å². The van der Waals surface area contributed by atoms with Crippen LogP contribution in [0.1, 0.15) is 49.3 Å². The molecule has 0 spiro atoms. The smallest absolute Gasteiger partial charge is 0.225 e. The van der Waals surface area contributed by atoms with Crippen LogP contribution in [0.3, 0.4) is 0 Å². The summed E-state index contributed by atoms with van der Waals surface area (Å²) in [6.07, 6.45) is 2.68. The minimum absolute atomic E-state index is 0.188. The van der Waals surface area contributed by atoms with Crippen molar-refractivity contribution in [2.24, 2.45) is 7.05 Å². The van der Waals surface area contributed by atoms with E-state index in [-0.39, 0.29) is 17.2 Å². The van der Waals surface area contributed by atoms with Crippen LogP contribution in [0, 0.1) is 5.82 Å². The summed E-state index contributed by atoms with van der Waals surface area (Å²) in [6.45, 7) is 5.75. The van der Waals surface area contributed by atoms with Crippen molar-refractivity contribution in [3.8, 4) is 0 Å². The van der Waals surface area contributed by atoms with Crippen LogP contribution in [0.4, 0.5) is 4.39 Å². The summed E-state index contributed by atoms with van der Waals surface area (Å²) in [5.74, 6) is -1.00. The van der Waals surface area contributed by atoms with Crippen LogP contribution in [-0.2, 0) is 40.9 Å². The van der Waals surface area contributed by atoms with Crippen LogP contribution in [-0.4, -0.2) is 30.4 Å². The quantitative estimate of drug-likeness (QED) is 0.781. The Morgan fingerprint density at radius 2 is 1.96 bits per heavy atom. The van der Waals surface area contributed by atoms with Gasteiger partial charge in [0.25, 0.3) is 0 Å². The van der Waals surface area contributed by atoms with Gasteiger partial charge in [0.2, 0.25) is 5.91 Å². The van der Waals surface area contributed by atoms with E-state index < -0.39 is 21.7 Å². The molecule has 27 heavy (non-hydrogen) atoms. The summed E-state index contributed by atoms with van der Waals surface area (Å²) in [4.78, 5) is 12.2. The van der Waals surface area contributed by atoms with Gasteiger partial charge in [0.05, 0.1) is 18.2 Å². The molecule has 0 saturated heterocycles. The van der Waals surface area contributed by atoms with Crippen molar-refractivity contribution in [3.63, 3.8) is 0 Å². The Bertz CT molecular complexity index is 951. The van der Waals surface area contributed by atoms with Crippen molar-refractivity contribution in [1.82, 2.24) is 15.1 Å². The van der Waals surface area contributed by atoms with Gasteiger partial charge >= 0.3 is 0 Å². The lowest BCUT2D eigenvalue weighted by Gasteiger charge is -2.15. The van der Waals surface area contributed by atoms with Gasteiger partial charge in [0, 0.05) is 24.6 Å². The third-order valence-electron chi connectivity index (χ3n) is 4.60. The highest BCUT2D eigenvalue weighted by Gasteiger charge is 2.20. The van der Waals surface area contributed by atoms with Gasteiger partial charge in [-0.2, -0.15) is 5.10 Å². The van der Waals surface area contributed by atoms with E-state index in [1.54, 1.807) is 6.92 Å². The third-order valence-corrected chi connectivity index (χ3v) is 5.73. The second-order valence-corrected chi connectivity index (χ2v) is 8.61. The second kappa shape index (κ2) is 8.21. The number of rotatable bonds is 7. The minimum atomic E-state index is -3.62. The maximum atomic E-state index is 14.1. The summed E-state index contributed by atoms with van der Waals surface area (Å²) >= 11 is 0. The summed E-state index contributed by atoms with van der Waals surface area (Å²) in [5, 5.41) is 7.31. The van der Waals surface area contributed by atoms with Gasteiger partial charge in [-0.05, 0) is 37.5 Å². The van der Waals surface area contributed by atoms with Gasteiger partial charge in [-0.3, -0.25) is 9.48 Å². The molecule has 1 atom stereocenters. The molecule has 1 aromatic carbocycles. The van der Waals surface area contributed by atoms with Gasteiger partial charge in [0.15, 0.2) is 9.84 Å². The monoisotopic (exact) mass is 395 g/mol. The number of hydrogen-bond donors (Lipinski definition) is 1. The fraction of sp³-hybridized carbons (Fsp3) is 0.474. The fourth-order valence-electron chi connectivity index (χ4n) is 3.22. The highest BCUT2D eigenvalue weighted by atomic mass is 32.2. The van der Waals surface area contributed by atoms with E-state index in [0.29, 0.717) is 5.56 Å². The van der Waals surface area contributed by atoms with Crippen molar-refractivity contribution >= 4 is 15.7 Å². The first-order valence-electron chi connectivity index (χ1n) is 8.90. The molecule has 2 rings (SSSR count). The average molecular weight is 396 g/mol. The topological polar surface area (TPSA) is 81.1 Å². The Labute approximate surface area is 159 Å². The normalized spacial score (nSPS) is 12.8. The lowest BCUT2D eigenvalue weighted by molar-refractivity contribution is -0.121. The molecule has 1 heterocycles. The zero-order chi connectivity index (χ0) is 20.4. The molecule has 0 aliphatic heterocycles. The number of amides is 1. The van der Waals surface area contributed by atoms with Gasteiger partial charge in [0.1, 0.15) is 10.7 Å². The fourth-order valence-corrected chi connectivity index (χ4v) is 3.95. The number of nitrogens with zero attached hydrogens (tertiary/aromatic N) is 2. The van der Waals surface area contributed by atoms with Gasteiger partial charge in [-0.15, -0.1) is 0 Å². The molecule has 8 heteroatoms. The van der Waals surface area contributed by atoms with Crippen molar-refractivity contribution in [2.75, 3.05) is 6.26 Å². The Morgan fingerprint density at radius 3 is 2.48 bits per heavy atom. The minimum Gasteiger partial charge on any atom is -0.349 e. The lowest BCUT2D eigenvalue weighted by atomic mass is 10.0. The summed E-state index contributed by atoms with van der Waals surface area (Å²) < 4.78 is 38.9. The first kappa shape index (κ1) is 21.1. The molecule has 1 aromatic heterocycles. The lowest BCUT2D eigenvalue weighted by Crippen LogP contribution is -2.28. The zero-order valence-electron chi connectivity index (χ0n) is 16.3. The van der Waals surface area contributed by atoms with Gasteiger partial charge in [-0.25, -0.2) is 12.8 Å². The number of carbonyl (C=O) groups is 1. The molecule has 148 valence electrons. The van der Waals surface area contributed by atoms with Crippen molar-refractivity contribution in [1.29, 1.82) is 0 Å². The van der Waals surface area contributed by atoms with E-state index in [9.17, 15) is 17.6 Å². The Morgan fingerprint density at radius 1 is 1.30 bits per heavy atom. The molecule has 2 aromatic rings. The number of benzene rings is 1. The predicted molar refractivity (Wildman–Crippen MR) is 102 cm³/mol. The SMILES string of the molecule is CCc1nn(C)c(CC)c1CC(=O)N[C@H](C)c1ccc(S(C)(=O)=O)c(F)c1. The van der Waals surface area contributed by atoms with Crippen LogP contribution in [0.2, 0.25) is 0 Å². The van der Waals surface area contributed by atoms with E-state index in [0.717, 1.165) is 42.1 Å². The van der Waals surface area contributed by atoms with Gasteiger partial charge in [-0.1, -0.05) is 19.9 Å². The molecule has 0 bridgehead atoms. The van der Waals surface area contributed by atoms with Crippen LogP contribution in [0.5, 0.6) is 0 Å². The maximum absolute atomic E-state index is 14.1. The van der Waals surface area contributed by atoms with E-state index in [1.165, 1.54) is 12.1 Å². The predicted octanol–water partition coefficient (Wildman–Crippen LogP) is 2.51. The third kappa shape index (κ3) is 4.74. The zero-order valence-corrected chi connectivity index (χ0v) is 17.2. The Hall–Kier alpha value is -2.22. The van der Waals surface area contributed by atoms with Crippen LogP contribution in [0.25, 0.3) is 0 Å². The van der Waals surface area contributed by atoms with Crippen molar-refractivity contribution in [2.45, 2.75) is 51.0 Å². The first-order chi connectivity index (χ1) is 12.6. The molecule has 6 nitrogen and oxygen atoms in total. The standard InChI is InChI=1S/C19H26FN3O3S/c1-6-16-14(17(7-2)23(4)22-16)11-19(24)21-12(3)13-8-9-18(15(20)10-13)27(5,25)26/h8-10,12H,6-7,11H2,1-5H3,(H,21,24)/t12-/m1/s1. The number of aryl methyl sites for hydroxylation is 2. The highest BCUT2D eigenvalue weighted by molar-refractivity contribution is 7.90. The molecular formula is C19H26FN3O3S. The molecule has 0 radical (unpaired) electrons. The number of carbonyl (C=O) groups excluding carboxylic acids is 1.